The zero-order valence-corrected chi connectivity index (χ0v) is 16.7. The molecule has 0 aliphatic heterocycles. The number of carbonyl (C=O) groups is 1. The molecule has 0 spiro atoms. The van der Waals surface area contributed by atoms with Crippen LogP contribution in [0.5, 0.6) is 0 Å². The van der Waals surface area contributed by atoms with Crippen molar-refractivity contribution < 1.29 is 9.90 Å². The number of halogens is 1. The Morgan fingerprint density at radius 3 is 2.46 bits per heavy atom. The summed E-state index contributed by atoms with van der Waals surface area (Å²) in [5.41, 5.74) is 2.16. The number of carboxylic acids is 1. The average Bonchev–Trinajstić information content (AvgIpc) is 2.93. The zero-order chi connectivity index (χ0) is 19.1. The van der Waals surface area contributed by atoms with Gasteiger partial charge in [-0.2, -0.15) is 0 Å². The van der Waals surface area contributed by atoms with Crippen molar-refractivity contribution in [2.24, 2.45) is 0 Å². The molecule has 1 aromatic heterocycles. The van der Waals surface area contributed by atoms with E-state index in [0.717, 1.165) is 11.1 Å². The molecule has 3 aromatic rings. The summed E-state index contributed by atoms with van der Waals surface area (Å²) in [5.74, 6) is -0.500. The number of aromatic nitrogens is 2. The van der Waals surface area contributed by atoms with Crippen molar-refractivity contribution in [3.63, 3.8) is 0 Å². The van der Waals surface area contributed by atoms with Crippen LogP contribution in [-0.2, 0) is 4.79 Å². The number of aliphatic carboxylic acids is 1. The molecule has 4 nitrogen and oxygen atoms in total. The van der Waals surface area contributed by atoms with Crippen LogP contribution < -0.4 is 0 Å². The van der Waals surface area contributed by atoms with Gasteiger partial charge in [-0.1, -0.05) is 67.5 Å². The highest BCUT2D eigenvalue weighted by Gasteiger charge is 2.31. The van der Waals surface area contributed by atoms with Crippen molar-refractivity contribution in [1.29, 1.82) is 0 Å². The van der Waals surface area contributed by atoms with E-state index in [9.17, 15) is 9.90 Å². The molecule has 0 fully saturated rings. The summed E-state index contributed by atoms with van der Waals surface area (Å²) in [6.45, 7) is 7.66. The molecule has 1 heterocycles. The molecule has 2 aromatic carbocycles. The van der Waals surface area contributed by atoms with Crippen LogP contribution in [0.1, 0.15) is 39.2 Å². The molecule has 0 aliphatic carbocycles. The summed E-state index contributed by atoms with van der Waals surface area (Å²) >= 11 is 7.61. The van der Waals surface area contributed by atoms with Gasteiger partial charge in [0.1, 0.15) is 9.90 Å². The van der Waals surface area contributed by atoms with Crippen LogP contribution in [0.15, 0.2) is 47.8 Å². The normalized spacial score (nSPS) is 12.1. The molecule has 0 unspecified atom stereocenters. The first-order chi connectivity index (χ1) is 12.2. The number of nitrogens with zero attached hydrogens (tertiary/aromatic N) is 2. The van der Waals surface area contributed by atoms with E-state index in [0.29, 0.717) is 16.2 Å². The highest BCUT2D eigenvalue weighted by molar-refractivity contribution is 8.01. The van der Waals surface area contributed by atoms with Gasteiger partial charge in [-0.05, 0) is 36.8 Å². The number of carboxylic acid groups (broad SMARTS) is 1. The third-order valence-corrected chi connectivity index (χ3v) is 5.77. The van der Waals surface area contributed by atoms with Gasteiger partial charge in [-0.15, -0.1) is 0 Å². The third kappa shape index (κ3) is 3.33. The Balaban J connectivity index is 2.21. The monoisotopic (exact) mass is 388 g/mol. The van der Waals surface area contributed by atoms with Crippen molar-refractivity contribution in [3.05, 3.63) is 53.3 Å². The van der Waals surface area contributed by atoms with E-state index in [4.69, 9.17) is 11.6 Å². The maximum absolute atomic E-state index is 11.5. The predicted octanol–water partition coefficient (Wildman–Crippen LogP) is 5.76. The van der Waals surface area contributed by atoms with Crippen LogP contribution >= 0.6 is 23.4 Å². The smallest absolute Gasteiger partial charge is 0.319 e. The lowest BCUT2D eigenvalue weighted by atomic mass is 9.95. The highest BCUT2D eigenvalue weighted by atomic mass is 35.5. The van der Waals surface area contributed by atoms with Gasteiger partial charge in [0.15, 0.2) is 5.16 Å². The fourth-order valence-corrected chi connectivity index (χ4v) is 4.09. The minimum absolute atomic E-state index is 0.395. The molecule has 26 heavy (non-hydrogen) atoms. The van der Waals surface area contributed by atoms with E-state index in [1.165, 1.54) is 22.7 Å². The fraction of sp³-hybridized carbons (Fsp3) is 0.300. The lowest BCUT2D eigenvalue weighted by molar-refractivity contribution is -0.138. The molecule has 0 amide bonds. The summed E-state index contributed by atoms with van der Waals surface area (Å²) in [6.07, 6.45) is 1.56. The van der Waals surface area contributed by atoms with E-state index >= 15 is 0 Å². The van der Waals surface area contributed by atoms with Gasteiger partial charge >= 0.3 is 5.97 Å². The average molecular weight is 389 g/mol. The maximum atomic E-state index is 11.5. The van der Waals surface area contributed by atoms with Crippen LogP contribution in [0, 0.1) is 0 Å². The lowest BCUT2D eigenvalue weighted by Gasteiger charge is -2.20. The first-order valence-electron chi connectivity index (χ1n) is 8.40. The summed E-state index contributed by atoms with van der Waals surface area (Å²) in [6, 6.07) is 12.3. The van der Waals surface area contributed by atoms with Gasteiger partial charge in [-0.25, -0.2) is 4.98 Å². The van der Waals surface area contributed by atoms with Gasteiger partial charge < -0.3 is 5.11 Å². The molecule has 3 rings (SSSR count). The molecule has 136 valence electrons. The van der Waals surface area contributed by atoms with E-state index in [-0.39, 0.29) is 0 Å². The second-order valence-corrected chi connectivity index (χ2v) is 8.97. The first-order valence-corrected chi connectivity index (χ1v) is 9.59. The standard InChI is InChI=1S/C20H21ClN2O2S/c1-12(2)13-9-10-16(15-8-6-5-7-14(13)15)23-17(21)11-22-19(23)26-20(3,4)18(24)25/h5-12H,1-4H3,(H,24,25). The second-order valence-electron chi connectivity index (χ2n) is 6.99. The number of hydrogen-bond donors (Lipinski definition) is 1. The van der Waals surface area contributed by atoms with Crippen LogP contribution in [0.4, 0.5) is 0 Å². The van der Waals surface area contributed by atoms with Crippen molar-refractivity contribution in [2.75, 3.05) is 0 Å². The number of imidazole rings is 1. The Morgan fingerprint density at radius 2 is 1.85 bits per heavy atom. The zero-order valence-electron chi connectivity index (χ0n) is 15.2. The summed E-state index contributed by atoms with van der Waals surface area (Å²) < 4.78 is 0.809. The number of rotatable bonds is 5. The summed E-state index contributed by atoms with van der Waals surface area (Å²) in [7, 11) is 0. The fourth-order valence-electron chi connectivity index (χ4n) is 2.88. The van der Waals surface area contributed by atoms with Crippen LogP contribution in [-0.4, -0.2) is 25.4 Å². The quantitative estimate of drug-likeness (QED) is 0.564. The van der Waals surface area contributed by atoms with Gasteiger partial charge in [0, 0.05) is 5.39 Å². The number of fused-ring (bicyclic) bond motifs is 1. The molecular weight excluding hydrogens is 368 g/mol. The Kier molecular flexibility index (Phi) is 5.04. The minimum atomic E-state index is -1.01. The molecule has 0 saturated carbocycles. The molecule has 0 bridgehead atoms. The van der Waals surface area contributed by atoms with E-state index < -0.39 is 10.7 Å². The molecular formula is C20H21ClN2O2S. The Labute approximate surface area is 162 Å². The number of hydrogen-bond acceptors (Lipinski definition) is 3. The highest BCUT2D eigenvalue weighted by Crippen LogP contribution is 2.38. The second kappa shape index (κ2) is 6.97. The van der Waals surface area contributed by atoms with Gasteiger partial charge in [0.2, 0.25) is 0 Å². The Morgan fingerprint density at radius 1 is 1.19 bits per heavy atom. The molecule has 0 atom stereocenters. The summed E-state index contributed by atoms with van der Waals surface area (Å²) in [5, 5.41) is 12.7. The van der Waals surface area contributed by atoms with Crippen molar-refractivity contribution in [3.8, 4) is 5.69 Å². The maximum Gasteiger partial charge on any atom is 0.319 e. The molecule has 0 saturated heterocycles. The van der Waals surface area contributed by atoms with Gasteiger partial charge in [0.05, 0.1) is 11.9 Å². The Hall–Kier alpha value is -1.98. The van der Waals surface area contributed by atoms with Crippen molar-refractivity contribution in [2.45, 2.75) is 43.5 Å². The first kappa shape index (κ1) is 18.8. The summed E-state index contributed by atoms with van der Waals surface area (Å²) in [4.78, 5) is 15.9. The third-order valence-electron chi connectivity index (χ3n) is 4.35. The Bertz CT molecular complexity index is 979. The minimum Gasteiger partial charge on any atom is -0.480 e. The van der Waals surface area contributed by atoms with E-state index in [1.54, 1.807) is 20.0 Å². The van der Waals surface area contributed by atoms with E-state index in [1.807, 2.05) is 22.8 Å². The van der Waals surface area contributed by atoms with Crippen LogP contribution in [0.25, 0.3) is 16.5 Å². The largest absolute Gasteiger partial charge is 0.480 e. The van der Waals surface area contributed by atoms with Crippen molar-refractivity contribution in [1.82, 2.24) is 9.55 Å². The van der Waals surface area contributed by atoms with Gasteiger partial charge in [0.25, 0.3) is 0 Å². The molecule has 6 heteroatoms. The predicted molar refractivity (Wildman–Crippen MR) is 108 cm³/mol. The topological polar surface area (TPSA) is 55.1 Å². The van der Waals surface area contributed by atoms with Crippen molar-refractivity contribution >= 4 is 40.1 Å². The SMILES string of the molecule is CC(C)c1ccc(-n2c(Cl)cnc2SC(C)(C)C(=O)O)c2ccccc12. The molecule has 0 aliphatic rings. The lowest BCUT2D eigenvalue weighted by Crippen LogP contribution is -2.27. The van der Waals surface area contributed by atoms with Crippen LogP contribution in [0.2, 0.25) is 5.15 Å². The van der Waals surface area contributed by atoms with E-state index in [2.05, 4.69) is 37.0 Å². The van der Waals surface area contributed by atoms with Gasteiger partial charge in [-0.3, -0.25) is 9.36 Å². The molecule has 1 N–H and O–H groups in total. The molecule has 0 radical (unpaired) electrons. The number of benzene rings is 2. The van der Waals surface area contributed by atoms with Crippen LogP contribution in [0.3, 0.4) is 0 Å². The number of thioether (sulfide) groups is 1.